The van der Waals surface area contributed by atoms with Crippen LogP contribution < -0.4 is 0 Å². The highest BCUT2D eigenvalue weighted by atomic mass is 16.7. The van der Waals surface area contributed by atoms with Crippen molar-refractivity contribution in [2.75, 3.05) is 13.2 Å². The van der Waals surface area contributed by atoms with Crippen molar-refractivity contribution in [2.45, 2.75) is 84.3 Å². The van der Waals surface area contributed by atoms with Gasteiger partial charge in [-0.3, -0.25) is 0 Å². The first kappa shape index (κ1) is 17.8. The van der Waals surface area contributed by atoms with E-state index in [-0.39, 0.29) is 11.7 Å². The van der Waals surface area contributed by atoms with Crippen LogP contribution in [0.15, 0.2) is 0 Å². The summed E-state index contributed by atoms with van der Waals surface area (Å²) in [6.07, 6.45) is 11.4. The number of unbranched alkanes of at least 4 members (excludes halogenated alkanes) is 2. The van der Waals surface area contributed by atoms with E-state index in [1.54, 1.807) is 0 Å². The lowest BCUT2D eigenvalue weighted by Gasteiger charge is -2.40. The van der Waals surface area contributed by atoms with Crippen molar-refractivity contribution in [2.24, 2.45) is 17.3 Å². The lowest BCUT2D eigenvalue weighted by atomic mass is 9.68. The third kappa shape index (κ3) is 4.70. The topological polar surface area (TPSA) is 42.2 Å². The second kappa shape index (κ2) is 8.89. The zero-order valence-electron chi connectivity index (χ0n) is 14.5. The van der Waals surface area contributed by atoms with Crippen LogP contribution in [0.1, 0.15) is 78.1 Å². The lowest BCUT2D eigenvalue weighted by Crippen LogP contribution is -2.40. The van der Waals surface area contributed by atoms with E-state index in [9.17, 15) is 5.26 Å². The molecule has 2 aliphatic rings. The van der Waals surface area contributed by atoms with E-state index >= 15 is 0 Å². The first-order chi connectivity index (χ1) is 10.7. The Labute approximate surface area is 136 Å². The Morgan fingerprint density at radius 3 is 2.27 bits per heavy atom. The molecule has 0 aromatic rings. The number of hydrogen-bond acceptors (Lipinski definition) is 3. The number of ether oxygens (including phenoxy) is 2. The van der Waals surface area contributed by atoms with Crippen LogP contribution in [-0.4, -0.2) is 19.5 Å². The molecule has 0 radical (unpaired) electrons. The summed E-state index contributed by atoms with van der Waals surface area (Å²) in [6.45, 7) is 6.15. The van der Waals surface area contributed by atoms with Gasteiger partial charge >= 0.3 is 0 Å². The third-order valence-corrected chi connectivity index (χ3v) is 5.56. The Balaban J connectivity index is 1.76. The van der Waals surface area contributed by atoms with Crippen LogP contribution in [0.2, 0.25) is 0 Å². The van der Waals surface area contributed by atoms with Gasteiger partial charge < -0.3 is 9.47 Å². The summed E-state index contributed by atoms with van der Waals surface area (Å²) >= 11 is 0. The van der Waals surface area contributed by atoms with Crippen molar-refractivity contribution >= 4 is 0 Å². The van der Waals surface area contributed by atoms with Gasteiger partial charge in [-0.2, -0.15) is 5.26 Å². The lowest BCUT2D eigenvalue weighted by molar-refractivity contribution is -0.231. The summed E-state index contributed by atoms with van der Waals surface area (Å²) in [4.78, 5) is 0. The quantitative estimate of drug-likeness (QED) is 0.618. The molecule has 1 aliphatic heterocycles. The van der Waals surface area contributed by atoms with Gasteiger partial charge in [0.25, 0.3) is 0 Å². The van der Waals surface area contributed by atoms with Gasteiger partial charge in [-0.25, -0.2) is 0 Å². The molecule has 0 aromatic heterocycles. The van der Waals surface area contributed by atoms with Gasteiger partial charge in [-0.15, -0.1) is 0 Å². The predicted octanol–water partition coefficient (Wildman–Crippen LogP) is 5.06. The Bertz CT molecular complexity index is 347. The van der Waals surface area contributed by atoms with E-state index in [1.165, 1.54) is 32.1 Å². The zero-order valence-corrected chi connectivity index (χ0v) is 14.5. The number of nitrogens with zero attached hydrogens (tertiary/aromatic N) is 1. The summed E-state index contributed by atoms with van der Waals surface area (Å²) in [5.74, 6) is 1.08. The fraction of sp³-hybridized carbons (Fsp3) is 0.947. The number of nitriles is 1. The molecular formula is C19H33NO2. The molecule has 0 aromatic carbocycles. The first-order valence-corrected chi connectivity index (χ1v) is 9.37. The SMILES string of the molecule is CCCCCC1(C#N)CCC(C2OCC(CCC)CO2)CC1. The van der Waals surface area contributed by atoms with E-state index in [4.69, 9.17) is 9.47 Å². The zero-order chi connectivity index (χ0) is 15.8. The van der Waals surface area contributed by atoms with Gasteiger partial charge in [0.1, 0.15) is 0 Å². The molecule has 0 unspecified atom stereocenters. The molecule has 0 bridgehead atoms. The van der Waals surface area contributed by atoms with Gasteiger partial charge in [0.15, 0.2) is 6.29 Å². The molecule has 1 heterocycles. The Kier molecular flexibility index (Phi) is 7.18. The normalized spacial score (nSPS) is 36.0. The smallest absolute Gasteiger partial charge is 0.160 e. The van der Waals surface area contributed by atoms with Gasteiger partial charge in [0.05, 0.1) is 24.7 Å². The minimum Gasteiger partial charge on any atom is -0.352 e. The molecule has 3 heteroatoms. The van der Waals surface area contributed by atoms with E-state index in [2.05, 4.69) is 19.9 Å². The molecule has 0 amide bonds. The summed E-state index contributed by atoms with van der Waals surface area (Å²) in [5, 5.41) is 9.62. The van der Waals surface area contributed by atoms with Crippen molar-refractivity contribution in [3.8, 4) is 6.07 Å². The van der Waals surface area contributed by atoms with Gasteiger partial charge in [-0.1, -0.05) is 39.5 Å². The third-order valence-electron chi connectivity index (χ3n) is 5.56. The van der Waals surface area contributed by atoms with E-state index in [1.807, 2.05) is 0 Å². The standard InChI is InChI=1S/C19H33NO2/c1-3-5-6-10-19(15-20)11-8-17(9-12-19)18-21-13-16(7-4-2)14-22-18/h16-18H,3-14H2,1-2H3. The highest BCUT2D eigenvalue weighted by Crippen LogP contribution is 2.44. The monoisotopic (exact) mass is 307 g/mol. The molecule has 0 atom stereocenters. The fourth-order valence-electron chi connectivity index (χ4n) is 4.00. The van der Waals surface area contributed by atoms with Crippen molar-refractivity contribution in [1.29, 1.82) is 5.26 Å². The average Bonchev–Trinajstić information content (AvgIpc) is 2.57. The molecule has 2 rings (SSSR count). The van der Waals surface area contributed by atoms with E-state index in [0.29, 0.717) is 11.8 Å². The Hall–Kier alpha value is -0.590. The average molecular weight is 307 g/mol. The predicted molar refractivity (Wildman–Crippen MR) is 88.2 cm³/mol. The van der Waals surface area contributed by atoms with Crippen LogP contribution >= 0.6 is 0 Å². The summed E-state index contributed by atoms with van der Waals surface area (Å²) in [5.41, 5.74) is -0.0644. The van der Waals surface area contributed by atoms with E-state index < -0.39 is 0 Å². The van der Waals surface area contributed by atoms with Crippen LogP contribution in [0.5, 0.6) is 0 Å². The van der Waals surface area contributed by atoms with Crippen molar-refractivity contribution < 1.29 is 9.47 Å². The molecule has 3 nitrogen and oxygen atoms in total. The molecule has 1 aliphatic carbocycles. The molecular weight excluding hydrogens is 274 g/mol. The molecule has 126 valence electrons. The molecule has 22 heavy (non-hydrogen) atoms. The van der Waals surface area contributed by atoms with Gasteiger partial charge in [0.2, 0.25) is 0 Å². The van der Waals surface area contributed by atoms with Crippen LogP contribution in [0.4, 0.5) is 0 Å². The maximum atomic E-state index is 9.62. The first-order valence-electron chi connectivity index (χ1n) is 9.37. The van der Waals surface area contributed by atoms with Gasteiger partial charge in [-0.05, 0) is 38.5 Å². The Morgan fingerprint density at radius 2 is 1.73 bits per heavy atom. The number of hydrogen-bond donors (Lipinski definition) is 0. The second-order valence-electron chi connectivity index (χ2n) is 7.38. The summed E-state index contributed by atoms with van der Waals surface area (Å²) in [7, 11) is 0. The van der Waals surface area contributed by atoms with Crippen LogP contribution in [0.3, 0.4) is 0 Å². The van der Waals surface area contributed by atoms with Crippen molar-refractivity contribution in [1.82, 2.24) is 0 Å². The minimum absolute atomic E-state index is 0.0135. The maximum Gasteiger partial charge on any atom is 0.160 e. The van der Waals surface area contributed by atoms with Crippen LogP contribution in [0.25, 0.3) is 0 Å². The Morgan fingerprint density at radius 1 is 1.05 bits per heavy atom. The second-order valence-corrected chi connectivity index (χ2v) is 7.38. The molecule has 1 saturated heterocycles. The number of rotatable bonds is 7. The highest BCUT2D eigenvalue weighted by molar-refractivity contribution is 5.01. The van der Waals surface area contributed by atoms with Crippen LogP contribution in [0, 0.1) is 28.6 Å². The molecule has 0 spiro atoms. The minimum atomic E-state index is -0.0644. The molecule has 0 N–H and O–H groups in total. The molecule has 1 saturated carbocycles. The maximum absolute atomic E-state index is 9.62. The summed E-state index contributed by atoms with van der Waals surface area (Å²) < 4.78 is 12.0. The van der Waals surface area contributed by atoms with Crippen LogP contribution in [-0.2, 0) is 9.47 Å². The fourth-order valence-corrected chi connectivity index (χ4v) is 4.00. The van der Waals surface area contributed by atoms with Gasteiger partial charge in [0, 0.05) is 11.8 Å². The van der Waals surface area contributed by atoms with Crippen molar-refractivity contribution in [3.05, 3.63) is 0 Å². The van der Waals surface area contributed by atoms with E-state index in [0.717, 1.165) is 45.3 Å². The largest absolute Gasteiger partial charge is 0.352 e. The van der Waals surface area contributed by atoms with Crippen molar-refractivity contribution in [3.63, 3.8) is 0 Å². The highest BCUT2D eigenvalue weighted by Gasteiger charge is 2.39. The molecule has 2 fully saturated rings. The summed E-state index contributed by atoms with van der Waals surface area (Å²) in [6, 6.07) is 2.64.